The second-order valence-corrected chi connectivity index (χ2v) is 5.00. The van der Waals surface area contributed by atoms with Gasteiger partial charge in [-0.1, -0.05) is 63.4 Å². The number of carbonyl (C=O) groups excluding carboxylic acids is 1. The summed E-state index contributed by atoms with van der Waals surface area (Å²) in [4.78, 5) is 12.0. The van der Waals surface area contributed by atoms with E-state index in [2.05, 4.69) is 6.92 Å². The fraction of sp³-hybridized carbons (Fsp3) is 0.562. The molecule has 1 aromatic rings. The molecule has 0 saturated carbocycles. The number of rotatable bonds is 8. The summed E-state index contributed by atoms with van der Waals surface area (Å²) >= 11 is 0. The van der Waals surface area contributed by atoms with Crippen LogP contribution in [0.15, 0.2) is 30.3 Å². The van der Waals surface area contributed by atoms with Crippen molar-refractivity contribution in [3.63, 3.8) is 0 Å². The lowest BCUT2D eigenvalue weighted by Crippen LogP contribution is -2.25. The standard InChI is InChI=1S/C16H25NO/c1-3-4-5-9-12-15(18)13(2)16(17)14-10-7-6-8-11-14/h6-8,10-11,13,16H,3-5,9,12,17H2,1-2H3. The van der Waals surface area contributed by atoms with Crippen LogP contribution in [0.3, 0.4) is 0 Å². The highest BCUT2D eigenvalue weighted by molar-refractivity contribution is 5.81. The molecule has 0 aliphatic heterocycles. The molecule has 0 radical (unpaired) electrons. The molecule has 2 nitrogen and oxygen atoms in total. The Labute approximate surface area is 111 Å². The molecule has 0 saturated heterocycles. The lowest BCUT2D eigenvalue weighted by Gasteiger charge is -2.19. The molecule has 2 atom stereocenters. The highest BCUT2D eigenvalue weighted by Gasteiger charge is 2.21. The third-order valence-corrected chi connectivity index (χ3v) is 3.51. The number of nitrogens with two attached hydrogens (primary N) is 1. The number of hydrogen-bond acceptors (Lipinski definition) is 2. The van der Waals surface area contributed by atoms with Crippen LogP contribution in [0.1, 0.15) is 57.6 Å². The van der Waals surface area contributed by atoms with Crippen LogP contribution in [0.2, 0.25) is 0 Å². The molecule has 1 rings (SSSR count). The van der Waals surface area contributed by atoms with E-state index in [9.17, 15) is 4.79 Å². The van der Waals surface area contributed by atoms with Crippen LogP contribution >= 0.6 is 0 Å². The van der Waals surface area contributed by atoms with Gasteiger partial charge in [-0.2, -0.15) is 0 Å². The Balaban J connectivity index is 2.43. The van der Waals surface area contributed by atoms with E-state index in [0.717, 1.165) is 18.4 Å². The third-order valence-electron chi connectivity index (χ3n) is 3.51. The fourth-order valence-electron chi connectivity index (χ4n) is 2.12. The quantitative estimate of drug-likeness (QED) is 0.709. The highest BCUT2D eigenvalue weighted by Crippen LogP contribution is 2.21. The van der Waals surface area contributed by atoms with Gasteiger partial charge >= 0.3 is 0 Å². The van der Waals surface area contributed by atoms with Gasteiger partial charge in [0.2, 0.25) is 0 Å². The van der Waals surface area contributed by atoms with Gasteiger partial charge in [-0.25, -0.2) is 0 Å². The number of ketones is 1. The van der Waals surface area contributed by atoms with Crippen molar-refractivity contribution >= 4 is 5.78 Å². The first-order valence-corrected chi connectivity index (χ1v) is 7.00. The molecule has 0 bridgehead atoms. The monoisotopic (exact) mass is 247 g/mol. The summed E-state index contributed by atoms with van der Waals surface area (Å²) in [5.74, 6) is 0.205. The summed E-state index contributed by atoms with van der Waals surface area (Å²) in [7, 11) is 0. The zero-order chi connectivity index (χ0) is 13.4. The third kappa shape index (κ3) is 4.61. The predicted molar refractivity (Wildman–Crippen MR) is 76.3 cm³/mol. The molecule has 0 aliphatic carbocycles. The van der Waals surface area contributed by atoms with Crippen LogP contribution < -0.4 is 5.73 Å². The van der Waals surface area contributed by atoms with Crippen molar-refractivity contribution in [3.8, 4) is 0 Å². The van der Waals surface area contributed by atoms with E-state index in [4.69, 9.17) is 5.73 Å². The minimum atomic E-state index is -0.176. The van der Waals surface area contributed by atoms with Gasteiger partial charge in [-0.05, 0) is 12.0 Å². The molecule has 0 spiro atoms. The molecular formula is C16H25NO. The van der Waals surface area contributed by atoms with E-state index in [-0.39, 0.29) is 12.0 Å². The molecule has 100 valence electrons. The minimum absolute atomic E-state index is 0.0889. The molecule has 2 unspecified atom stereocenters. The molecule has 0 fully saturated rings. The SMILES string of the molecule is CCCCCCC(=O)C(C)C(N)c1ccccc1. The number of unbranched alkanes of at least 4 members (excludes halogenated alkanes) is 3. The van der Waals surface area contributed by atoms with E-state index in [0.29, 0.717) is 12.2 Å². The summed E-state index contributed by atoms with van der Waals surface area (Å²) in [5, 5.41) is 0. The number of Topliss-reactive ketones (excluding diaryl/α,β-unsaturated/α-hetero) is 1. The molecule has 0 amide bonds. The first kappa shape index (κ1) is 14.9. The van der Waals surface area contributed by atoms with Gasteiger partial charge < -0.3 is 5.73 Å². The normalized spacial score (nSPS) is 14.2. The molecule has 18 heavy (non-hydrogen) atoms. The minimum Gasteiger partial charge on any atom is -0.323 e. The van der Waals surface area contributed by atoms with Crippen molar-refractivity contribution < 1.29 is 4.79 Å². The van der Waals surface area contributed by atoms with E-state index < -0.39 is 0 Å². The van der Waals surface area contributed by atoms with Gasteiger partial charge in [-0.15, -0.1) is 0 Å². The van der Waals surface area contributed by atoms with Crippen molar-refractivity contribution in [1.82, 2.24) is 0 Å². The largest absolute Gasteiger partial charge is 0.323 e. The van der Waals surface area contributed by atoms with Gasteiger partial charge in [0.05, 0.1) is 0 Å². The van der Waals surface area contributed by atoms with Crippen molar-refractivity contribution in [2.45, 2.75) is 52.0 Å². The molecule has 2 N–H and O–H groups in total. The fourth-order valence-corrected chi connectivity index (χ4v) is 2.12. The number of benzene rings is 1. The van der Waals surface area contributed by atoms with Gasteiger partial charge in [0.1, 0.15) is 5.78 Å². The highest BCUT2D eigenvalue weighted by atomic mass is 16.1. The Morgan fingerprint density at radius 3 is 2.44 bits per heavy atom. The first-order chi connectivity index (χ1) is 8.66. The zero-order valence-corrected chi connectivity index (χ0v) is 11.6. The maximum absolute atomic E-state index is 12.0. The van der Waals surface area contributed by atoms with Crippen LogP contribution in [0.4, 0.5) is 0 Å². The predicted octanol–water partition coefficient (Wildman–Crippen LogP) is 3.86. The van der Waals surface area contributed by atoms with Gasteiger partial charge in [0.15, 0.2) is 0 Å². The molecule has 2 heteroatoms. The summed E-state index contributed by atoms with van der Waals surface area (Å²) in [6, 6.07) is 9.70. The van der Waals surface area contributed by atoms with E-state index in [1.165, 1.54) is 12.8 Å². The van der Waals surface area contributed by atoms with E-state index in [1.807, 2.05) is 37.3 Å². The Kier molecular flexibility index (Phi) is 6.66. The molecule has 0 aromatic heterocycles. The Morgan fingerprint density at radius 2 is 1.83 bits per heavy atom. The smallest absolute Gasteiger partial charge is 0.137 e. The van der Waals surface area contributed by atoms with Gasteiger partial charge in [-0.3, -0.25) is 4.79 Å². The van der Waals surface area contributed by atoms with E-state index in [1.54, 1.807) is 0 Å². The average molecular weight is 247 g/mol. The molecular weight excluding hydrogens is 222 g/mol. The number of hydrogen-bond donors (Lipinski definition) is 1. The molecule has 1 aromatic carbocycles. The van der Waals surface area contributed by atoms with Crippen LogP contribution in [0.25, 0.3) is 0 Å². The molecule has 0 heterocycles. The maximum Gasteiger partial charge on any atom is 0.137 e. The first-order valence-electron chi connectivity index (χ1n) is 7.00. The maximum atomic E-state index is 12.0. The van der Waals surface area contributed by atoms with Crippen molar-refractivity contribution in [2.24, 2.45) is 11.7 Å². The lowest BCUT2D eigenvalue weighted by molar-refractivity contribution is -0.123. The Morgan fingerprint density at radius 1 is 1.17 bits per heavy atom. The van der Waals surface area contributed by atoms with Crippen molar-refractivity contribution in [3.05, 3.63) is 35.9 Å². The summed E-state index contributed by atoms with van der Waals surface area (Å²) < 4.78 is 0. The van der Waals surface area contributed by atoms with Crippen LogP contribution in [0.5, 0.6) is 0 Å². The Bertz CT molecular complexity index is 347. The summed E-state index contributed by atoms with van der Waals surface area (Å²) in [6.45, 7) is 4.12. The second kappa shape index (κ2) is 8.04. The Hall–Kier alpha value is -1.15. The molecule has 0 aliphatic rings. The second-order valence-electron chi connectivity index (χ2n) is 5.00. The summed E-state index contributed by atoms with van der Waals surface area (Å²) in [5.41, 5.74) is 7.20. The summed E-state index contributed by atoms with van der Waals surface area (Å²) in [6.07, 6.45) is 5.23. The van der Waals surface area contributed by atoms with E-state index >= 15 is 0 Å². The van der Waals surface area contributed by atoms with Crippen LogP contribution in [-0.4, -0.2) is 5.78 Å². The van der Waals surface area contributed by atoms with Crippen LogP contribution in [0, 0.1) is 5.92 Å². The zero-order valence-electron chi connectivity index (χ0n) is 11.6. The lowest BCUT2D eigenvalue weighted by atomic mass is 9.89. The van der Waals surface area contributed by atoms with Gasteiger partial charge in [0, 0.05) is 18.4 Å². The van der Waals surface area contributed by atoms with Crippen LogP contribution in [-0.2, 0) is 4.79 Å². The van der Waals surface area contributed by atoms with Crippen molar-refractivity contribution in [2.75, 3.05) is 0 Å². The topological polar surface area (TPSA) is 43.1 Å². The van der Waals surface area contributed by atoms with Gasteiger partial charge in [0.25, 0.3) is 0 Å². The van der Waals surface area contributed by atoms with Crippen molar-refractivity contribution in [1.29, 1.82) is 0 Å². The number of carbonyl (C=O) groups is 1. The average Bonchev–Trinajstić information content (AvgIpc) is 2.42.